The zero-order chi connectivity index (χ0) is 17.7. The van der Waals surface area contributed by atoms with Crippen molar-refractivity contribution in [1.29, 1.82) is 0 Å². The van der Waals surface area contributed by atoms with Gasteiger partial charge in [0, 0.05) is 0 Å². The minimum Gasteiger partial charge on any atom is -0.508 e. The van der Waals surface area contributed by atoms with Gasteiger partial charge in [-0.15, -0.1) is 0 Å². The first-order valence-corrected chi connectivity index (χ1v) is 8.69. The molecule has 1 heterocycles. The van der Waals surface area contributed by atoms with Crippen LogP contribution in [0, 0.1) is 0 Å². The van der Waals surface area contributed by atoms with Gasteiger partial charge in [-0.1, -0.05) is 12.1 Å². The molecule has 0 aliphatic carbocycles. The Morgan fingerprint density at radius 1 is 1.42 bits per heavy atom. The largest absolute Gasteiger partial charge is 0.508 e. The van der Waals surface area contributed by atoms with Crippen molar-refractivity contribution < 1.29 is 19.8 Å². The molecule has 4 N–H and O–H groups in total. The second-order valence-corrected chi connectivity index (χ2v) is 6.25. The van der Waals surface area contributed by atoms with Crippen molar-refractivity contribution in [2.45, 2.75) is 12.5 Å². The van der Waals surface area contributed by atoms with E-state index in [1.165, 1.54) is 12.1 Å². The van der Waals surface area contributed by atoms with Crippen molar-refractivity contribution in [1.82, 2.24) is 4.90 Å². The Hall–Kier alpha value is -2.32. The highest BCUT2D eigenvalue weighted by Gasteiger charge is 2.34. The van der Waals surface area contributed by atoms with Gasteiger partial charge in [-0.2, -0.15) is 11.8 Å². The summed E-state index contributed by atoms with van der Waals surface area (Å²) in [5.41, 5.74) is 6.89. The van der Waals surface area contributed by atoms with E-state index in [1.807, 2.05) is 6.26 Å². The van der Waals surface area contributed by atoms with Crippen molar-refractivity contribution in [3.05, 3.63) is 35.5 Å². The predicted molar refractivity (Wildman–Crippen MR) is 93.8 cm³/mol. The third-order valence-electron chi connectivity index (χ3n) is 3.43. The SMILES string of the molecule is CSCCC(N)C1=NC(=Cc2ccc(O)cc2)C(=O)N1CC(=O)O. The molecule has 0 saturated carbocycles. The lowest BCUT2D eigenvalue weighted by atomic mass is 10.2. The topological polar surface area (TPSA) is 116 Å². The fraction of sp³-hybridized carbons (Fsp3) is 0.312. The number of carbonyl (C=O) groups excluding carboxylic acids is 1. The van der Waals surface area contributed by atoms with Crippen LogP contribution in [0.1, 0.15) is 12.0 Å². The van der Waals surface area contributed by atoms with Gasteiger partial charge in [0.1, 0.15) is 23.8 Å². The molecule has 128 valence electrons. The number of hydrogen-bond donors (Lipinski definition) is 3. The number of benzene rings is 1. The number of aliphatic carboxylic acids is 1. The lowest BCUT2D eigenvalue weighted by molar-refractivity contribution is -0.140. The molecule has 1 aliphatic rings. The molecule has 0 aromatic heterocycles. The van der Waals surface area contributed by atoms with Crippen LogP contribution in [0.2, 0.25) is 0 Å². The molecule has 24 heavy (non-hydrogen) atoms. The number of amides is 1. The molecule has 0 fully saturated rings. The third-order valence-corrected chi connectivity index (χ3v) is 4.07. The molecule has 1 aromatic carbocycles. The smallest absolute Gasteiger partial charge is 0.323 e. The first kappa shape index (κ1) is 18.0. The number of carboxylic acid groups (broad SMARTS) is 1. The number of aromatic hydroxyl groups is 1. The first-order valence-electron chi connectivity index (χ1n) is 7.30. The van der Waals surface area contributed by atoms with Gasteiger partial charge in [0.2, 0.25) is 0 Å². The highest BCUT2D eigenvalue weighted by atomic mass is 32.2. The Labute approximate surface area is 143 Å². The van der Waals surface area contributed by atoms with Gasteiger partial charge in [0.25, 0.3) is 5.91 Å². The van der Waals surface area contributed by atoms with Crippen molar-refractivity contribution in [2.24, 2.45) is 10.7 Å². The maximum Gasteiger partial charge on any atom is 0.323 e. The van der Waals surface area contributed by atoms with E-state index in [9.17, 15) is 14.7 Å². The number of nitrogens with zero attached hydrogens (tertiary/aromatic N) is 2. The highest BCUT2D eigenvalue weighted by molar-refractivity contribution is 7.98. The molecule has 8 heteroatoms. The minimum atomic E-state index is -1.13. The van der Waals surface area contributed by atoms with Crippen LogP contribution < -0.4 is 5.73 Å². The summed E-state index contributed by atoms with van der Waals surface area (Å²) in [6.07, 6.45) is 4.08. The molecule has 7 nitrogen and oxygen atoms in total. The summed E-state index contributed by atoms with van der Waals surface area (Å²) in [7, 11) is 0. The quantitative estimate of drug-likeness (QED) is 0.636. The lowest BCUT2D eigenvalue weighted by Crippen LogP contribution is -2.45. The Bertz CT molecular complexity index is 685. The van der Waals surface area contributed by atoms with Crippen LogP contribution in [0.15, 0.2) is 35.0 Å². The summed E-state index contributed by atoms with van der Waals surface area (Å²) in [5.74, 6) is -0.432. The van der Waals surface area contributed by atoms with Crippen LogP contribution >= 0.6 is 11.8 Å². The zero-order valence-corrected chi connectivity index (χ0v) is 14.0. The Morgan fingerprint density at radius 2 is 2.08 bits per heavy atom. The number of hydrogen-bond acceptors (Lipinski definition) is 6. The molecule has 0 radical (unpaired) electrons. The Balaban J connectivity index is 2.31. The summed E-state index contributed by atoms with van der Waals surface area (Å²) in [6, 6.07) is 5.76. The number of phenols is 1. The Morgan fingerprint density at radius 3 is 2.67 bits per heavy atom. The third kappa shape index (κ3) is 4.36. The predicted octanol–water partition coefficient (Wildman–Crippen LogP) is 1.14. The lowest BCUT2D eigenvalue weighted by Gasteiger charge is -2.20. The maximum absolute atomic E-state index is 12.5. The number of amidine groups is 1. The molecule has 0 bridgehead atoms. The summed E-state index contributed by atoms with van der Waals surface area (Å²) in [6.45, 7) is -0.475. The van der Waals surface area contributed by atoms with Gasteiger partial charge in [-0.25, -0.2) is 4.99 Å². The number of thioether (sulfide) groups is 1. The molecule has 2 rings (SSSR count). The fourth-order valence-corrected chi connectivity index (χ4v) is 2.73. The number of carbonyl (C=O) groups is 2. The van der Waals surface area contributed by atoms with Crippen molar-refractivity contribution in [2.75, 3.05) is 18.6 Å². The van der Waals surface area contributed by atoms with Crippen molar-refractivity contribution in [3.8, 4) is 5.75 Å². The normalized spacial score (nSPS) is 17.2. The maximum atomic E-state index is 12.5. The van der Waals surface area contributed by atoms with E-state index in [0.717, 1.165) is 10.7 Å². The molecule has 0 saturated heterocycles. The summed E-state index contributed by atoms with van der Waals surface area (Å²) >= 11 is 1.62. The van der Waals surface area contributed by atoms with Crippen LogP contribution in [0.4, 0.5) is 0 Å². The van der Waals surface area contributed by atoms with E-state index in [2.05, 4.69) is 4.99 Å². The van der Waals surface area contributed by atoms with Crippen LogP contribution in [0.3, 0.4) is 0 Å². The molecule has 1 aliphatic heterocycles. The Kier molecular flexibility index (Phi) is 5.99. The summed E-state index contributed by atoms with van der Waals surface area (Å²) < 4.78 is 0. The van der Waals surface area contributed by atoms with Crippen molar-refractivity contribution >= 4 is 35.6 Å². The number of rotatable bonds is 7. The van der Waals surface area contributed by atoms with Crippen LogP contribution in [0.25, 0.3) is 6.08 Å². The van der Waals surface area contributed by atoms with E-state index in [-0.39, 0.29) is 17.3 Å². The van der Waals surface area contributed by atoms with E-state index in [0.29, 0.717) is 12.0 Å². The highest BCUT2D eigenvalue weighted by Crippen LogP contribution is 2.21. The van der Waals surface area contributed by atoms with E-state index < -0.39 is 24.5 Å². The van der Waals surface area contributed by atoms with Crippen LogP contribution in [-0.2, 0) is 9.59 Å². The first-order chi connectivity index (χ1) is 11.4. The molecule has 1 amide bonds. The summed E-state index contributed by atoms with van der Waals surface area (Å²) in [4.78, 5) is 28.9. The molecule has 1 atom stereocenters. The minimum absolute atomic E-state index is 0.116. The molecule has 0 spiro atoms. The van der Waals surface area contributed by atoms with E-state index in [1.54, 1.807) is 30.0 Å². The number of phenolic OH excluding ortho intramolecular Hbond substituents is 1. The second kappa shape index (κ2) is 7.98. The van der Waals surface area contributed by atoms with Gasteiger partial charge >= 0.3 is 5.97 Å². The second-order valence-electron chi connectivity index (χ2n) is 5.26. The number of aliphatic imine (C=N–C) groups is 1. The monoisotopic (exact) mass is 349 g/mol. The molecular formula is C16H19N3O4S. The van der Waals surface area contributed by atoms with E-state index in [4.69, 9.17) is 10.8 Å². The van der Waals surface area contributed by atoms with Crippen LogP contribution in [-0.4, -0.2) is 57.4 Å². The average molecular weight is 349 g/mol. The summed E-state index contributed by atoms with van der Waals surface area (Å²) in [5, 5.41) is 18.3. The number of nitrogens with two attached hydrogens (primary N) is 1. The van der Waals surface area contributed by atoms with Gasteiger partial charge in [0.05, 0.1) is 6.04 Å². The standard InChI is InChI=1S/C16H19N3O4S/c1-24-7-6-12(17)15-18-13(16(23)19(15)9-14(21)22)8-10-2-4-11(20)5-3-10/h2-5,8,12,20H,6-7,9,17H2,1H3,(H,21,22). The molecule has 1 aromatic rings. The average Bonchev–Trinajstić information content (AvgIpc) is 2.83. The van der Waals surface area contributed by atoms with Gasteiger partial charge in [-0.05, 0) is 42.2 Å². The molecule has 1 unspecified atom stereocenters. The van der Waals surface area contributed by atoms with Gasteiger partial charge in [0.15, 0.2) is 0 Å². The van der Waals surface area contributed by atoms with Crippen LogP contribution in [0.5, 0.6) is 5.75 Å². The van der Waals surface area contributed by atoms with Gasteiger partial charge in [-0.3, -0.25) is 14.5 Å². The van der Waals surface area contributed by atoms with Gasteiger partial charge < -0.3 is 15.9 Å². The molecular weight excluding hydrogens is 330 g/mol. The zero-order valence-electron chi connectivity index (χ0n) is 13.2. The van der Waals surface area contributed by atoms with E-state index >= 15 is 0 Å². The fourth-order valence-electron chi connectivity index (χ4n) is 2.24. The number of carboxylic acids is 1. The van der Waals surface area contributed by atoms with Crippen molar-refractivity contribution in [3.63, 3.8) is 0 Å².